The molecule has 4 nitrogen and oxygen atoms in total. The molecule has 0 aliphatic carbocycles. The molecule has 0 unspecified atom stereocenters. The normalized spacial score (nSPS) is 17.0. The van der Waals surface area contributed by atoms with Gasteiger partial charge in [-0.2, -0.15) is 0 Å². The second-order valence-corrected chi connectivity index (χ2v) is 6.37. The Morgan fingerprint density at radius 2 is 2.00 bits per heavy atom. The van der Waals surface area contributed by atoms with E-state index < -0.39 is 5.92 Å². The van der Waals surface area contributed by atoms with Crippen LogP contribution in [0, 0.1) is 18.7 Å². The van der Waals surface area contributed by atoms with E-state index in [0.717, 1.165) is 12.0 Å². The molecule has 2 amide bonds. The zero-order valence-corrected chi connectivity index (χ0v) is 14.2. The SMILES string of the molecule is Cc1ccc(N2C[C@H](C(=O)NCCc3ccccc3)CC2=O)cc1F. The van der Waals surface area contributed by atoms with Crippen molar-refractivity contribution in [1.29, 1.82) is 0 Å². The molecule has 1 N–H and O–H groups in total. The predicted molar refractivity (Wildman–Crippen MR) is 94.8 cm³/mol. The minimum absolute atomic E-state index is 0.126. The maximum atomic E-state index is 13.7. The maximum Gasteiger partial charge on any atom is 0.227 e. The summed E-state index contributed by atoms with van der Waals surface area (Å²) < 4.78 is 13.7. The predicted octanol–water partition coefficient (Wildman–Crippen LogP) is 2.85. The summed E-state index contributed by atoms with van der Waals surface area (Å²) in [6.07, 6.45) is 0.910. The van der Waals surface area contributed by atoms with Gasteiger partial charge in [0, 0.05) is 25.2 Å². The van der Waals surface area contributed by atoms with Crippen molar-refractivity contribution in [1.82, 2.24) is 5.32 Å². The molecule has 130 valence electrons. The van der Waals surface area contributed by atoms with E-state index in [1.807, 2.05) is 30.3 Å². The summed E-state index contributed by atoms with van der Waals surface area (Å²) in [5.74, 6) is -1.01. The lowest BCUT2D eigenvalue weighted by Crippen LogP contribution is -2.34. The molecule has 0 aromatic heterocycles. The van der Waals surface area contributed by atoms with Crippen LogP contribution in [-0.4, -0.2) is 24.9 Å². The Hall–Kier alpha value is -2.69. The molecule has 2 aromatic carbocycles. The number of nitrogens with one attached hydrogen (secondary N) is 1. The number of amides is 2. The summed E-state index contributed by atoms with van der Waals surface area (Å²) in [5.41, 5.74) is 2.19. The molecule has 1 heterocycles. The van der Waals surface area contributed by atoms with E-state index in [2.05, 4.69) is 5.32 Å². The van der Waals surface area contributed by atoms with E-state index in [1.165, 1.54) is 11.0 Å². The van der Waals surface area contributed by atoms with Crippen molar-refractivity contribution in [3.05, 3.63) is 65.5 Å². The van der Waals surface area contributed by atoms with E-state index in [0.29, 0.717) is 24.3 Å². The Morgan fingerprint density at radius 3 is 2.72 bits per heavy atom. The third kappa shape index (κ3) is 4.05. The summed E-state index contributed by atoms with van der Waals surface area (Å²) in [7, 11) is 0. The first-order valence-corrected chi connectivity index (χ1v) is 8.43. The summed E-state index contributed by atoms with van der Waals surface area (Å²) in [5, 5.41) is 2.89. The zero-order chi connectivity index (χ0) is 17.8. The van der Waals surface area contributed by atoms with Gasteiger partial charge in [-0.3, -0.25) is 9.59 Å². The molecule has 0 bridgehead atoms. The number of anilines is 1. The highest BCUT2D eigenvalue weighted by molar-refractivity contribution is 6.00. The Bertz CT molecular complexity index is 777. The fourth-order valence-electron chi connectivity index (χ4n) is 3.00. The summed E-state index contributed by atoms with van der Waals surface area (Å²) in [6.45, 7) is 2.50. The standard InChI is InChI=1S/C20H21FN2O2/c1-14-7-8-17(12-18(14)21)23-13-16(11-19(23)24)20(25)22-10-9-15-5-3-2-4-6-15/h2-8,12,16H,9-11,13H2,1H3,(H,22,25)/t16-/m1/s1. The molecular formula is C20H21FN2O2. The molecule has 2 aromatic rings. The van der Waals surface area contributed by atoms with Crippen LogP contribution in [0.25, 0.3) is 0 Å². The average Bonchev–Trinajstić information content (AvgIpc) is 3.00. The van der Waals surface area contributed by atoms with Crippen molar-refractivity contribution in [2.45, 2.75) is 19.8 Å². The van der Waals surface area contributed by atoms with E-state index in [4.69, 9.17) is 0 Å². The second kappa shape index (κ2) is 7.47. The van der Waals surface area contributed by atoms with Crippen LogP contribution in [0.4, 0.5) is 10.1 Å². The minimum atomic E-state index is -0.396. The molecule has 25 heavy (non-hydrogen) atoms. The number of carbonyl (C=O) groups is 2. The van der Waals surface area contributed by atoms with Crippen LogP contribution in [0.15, 0.2) is 48.5 Å². The number of hydrogen-bond donors (Lipinski definition) is 1. The Balaban J connectivity index is 1.56. The topological polar surface area (TPSA) is 49.4 Å². The Kier molecular flexibility index (Phi) is 5.12. The van der Waals surface area contributed by atoms with Crippen molar-refractivity contribution in [3.63, 3.8) is 0 Å². The van der Waals surface area contributed by atoms with Gasteiger partial charge in [0.05, 0.1) is 5.92 Å². The average molecular weight is 340 g/mol. The monoisotopic (exact) mass is 340 g/mol. The van der Waals surface area contributed by atoms with Crippen LogP contribution in [0.1, 0.15) is 17.5 Å². The summed E-state index contributed by atoms with van der Waals surface area (Å²) in [4.78, 5) is 26.0. The van der Waals surface area contributed by atoms with Gasteiger partial charge in [0.2, 0.25) is 11.8 Å². The van der Waals surface area contributed by atoms with Crippen molar-refractivity contribution in [3.8, 4) is 0 Å². The number of rotatable bonds is 5. The van der Waals surface area contributed by atoms with Crippen LogP contribution in [-0.2, 0) is 16.0 Å². The van der Waals surface area contributed by atoms with Gasteiger partial charge >= 0.3 is 0 Å². The van der Waals surface area contributed by atoms with Gasteiger partial charge in [-0.05, 0) is 36.6 Å². The smallest absolute Gasteiger partial charge is 0.227 e. The molecule has 0 spiro atoms. The van der Waals surface area contributed by atoms with Crippen LogP contribution in [0.2, 0.25) is 0 Å². The van der Waals surface area contributed by atoms with Gasteiger partial charge in [0.15, 0.2) is 0 Å². The minimum Gasteiger partial charge on any atom is -0.355 e. The zero-order valence-electron chi connectivity index (χ0n) is 14.2. The first kappa shape index (κ1) is 17.1. The second-order valence-electron chi connectivity index (χ2n) is 6.37. The van der Waals surface area contributed by atoms with Crippen molar-refractivity contribution >= 4 is 17.5 Å². The van der Waals surface area contributed by atoms with Crippen LogP contribution < -0.4 is 10.2 Å². The van der Waals surface area contributed by atoms with Crippen molar-refractivity contribution in [2.75, 3.05) is 18.0 Å². The van der Waals surface area contributed by atoms with Gasteiger partial charge < -0.3 is 10.2 Å². The fraction of sp³-hybridized carbons (Fsp3) is 0.300. The molecule has 5 heteroatoms. The van der Waals surface area contributed by atoms with Gasteiger partial charge in [-0.15, -0.1) is 0 Å². The first-order valence-electron chi connectivity index (χ1n) is 8.43. The van der Waals surface area contributed by atoms with Crippen molar-refractivity contribution in [2.24, 2.45) is 5.92 Å². The van der Waals surface area contributed by atoms with E-state index >= 15 is 0 Å². The van der Waals surface area contributed by atoms with Crippen LogP contribution >= 0.6 is 0 Å². The number of hydrogen-bond acceptors (Lipinski definition) is 2. The third-order valence-corrected chi connectivity index (χ3v) is 4.52. The molecule has 3 rings (SSSR count). The largest absolute Gasteiger partial charge is 0.355 e. The number of carbonyl (C=O) groups excluding carboxylic acids is 2. The molecule has 1 saturated heterocycles. The molecule has 0 saturated carbocycles. The molecule has 0 radical (unpaired) electrons. The van der Waals surface area contributed by atoms with Gasteiger partial charge in [0.25, 0.3) is 0 Å². The Morgan fingerprint density at radius 1 is 1.24 bits per heavy atom. The number of nitrogens with zero attached hydrogens (tertiary/aromatic N) is 1. The molecule has 1 aliphatic rings. The third-order valence-electron chi connectivity index (χ3n) is 4.52. The highest BCUT2D eigenvalue weighted by atomic mass is 19.1. The first-order chi connectivity index (χ1) is 12.0. The molecule has 1 fully saturated rings. The lowest BCUT2D eigenvalue weighted by Gasteiger charge is -2.17. The van der Waals surface area contributed by atoms with Gasteiger partial charge in [-0.1, -0.05) is 36.4 Å². The van der Waals surface area contributed by atoms with E-state index in [-0.39, 0.29) is 24.1 Å². The molecular weight excluding hydrogens is 319 g/mol. The fourth-order valence-corrected chi connectivity index (χ4v) is 3.00. The highest BCUT2D eigenvalue weighted by Crippen LogP contribution is 2.26. The van der Waals surface area contributed by atoms with E-state index in [1.54, 1.807) is 19.1 Å². The summed E-state index contributed by atoms with van der Waals surface area (Å²) >= 11 is 0. The lowest BCUT2D eigenvalue weighted by atomic mass is 10.1. The molecule has 1 atom stereocenters. The van der Waals surface area contributed by atoms with Crippen LogP contribution in [0.3, 0.4) is 0 Å². The van der Waals surface area contributed by atoms with Gasteiger partial charge in [-0.25, -0.2) is 4.39 Å². The number of halogens is 1. The van der Waals surface area contributed by atoms with E-state index in [9.17, 15) is 14.0 Å². The van der Waals surface area contributed by atoms with Crippen molar-refractivity contribution < 1.29 is 14.0 Å². The molecule has 1 aliphatic heterocycles. The van der Waals surface area contributed by atoms with Gasteiger partial charge in [0.1, 0.15) is 5.82 Å². The lowest BCUT2D eigenvalue weighted by molar-refractivity contribution is -0.126. The number of aryl methyl sites for hydroxylation is 1. The Labute approximate surface area is 146 Å². The quantitative estimate of drug-likeness (QED) is 0.910. The van der Waals surface area contributed by atoms with Crippen LogP contribution in [0.5, 0.6) is 0 Å². The maximum absolute atomic E-state index is 13.7. The summed E-state index contributed by atoms with van der Waals surface area (Å²) in [6, 6.07) is 14.6. The number of benzene rings is 2. The highest BCUT2D eigenvalue weighted by Gasteiger charge is 2.35.